The molecule has 0 atom stereocenters. The quantitative estimate of drug-likeness (QED) is 0.859. The molecule has 0 aliphatic heterocycles. The lowest BCUT2D eigenvalue weighted by atomic mass is 10.2. The second-order valence-corrected chi connectivity index (χ2v) is 4.30. The summed E-state index contributed by atoms with van der Waals surface area (Å²) in [6.45, 7) is 2.52. The van der Waals surface area contributed by atoms with Crippen molar-refractivity contribution in [2.45, 2.75) is 13.3 Å². The molecule has 0 saturated heterocycles. The number of carbonyl (C=O) groups is 1. The van der Waals surface area contributed by atoms with E-state index in [2.05, 4.69) is 10.3 Å². The molecule has 4 nitrogen and oxygen atoms in total. The largest absolute Gasteiger partial charge is 0.494 e. The first kappa shape index (κ1) is 14.9. The van der Waals surface area contributed by atoms with Crippen LogP contribution in [0.1, 0.15) is 23.7 Å². The molecular weight excluding hydrogens is 278 g/mol. The van der Waals surface area contributed by atoms with E-state index in [4.69, 9.17) is 4.74 Å². The number of amides is 1. The van der Waals surface area contributed by atoms with E-state index in [-0.39, 0.29) is 5.69 Å². The molecule has 1 aromatic carbocycles. The molecule has 0 aliphatic rings. The second kappa shape index (κ2) is 6.78. The van der Waals surface area contributed by atoms with Crippen LogP contribution in [0.4, 0.5) is 14.5 Å². The Balaban J connectivity index is 2.12. The van der Waals surface area contributed by atoms with E-state index in [1.54, 1.807) is 24.3 Å². The SMILES string of the molecule is CCCOc1cccc(C(=O)Nc2ccc(F)nc2F)c1. The molecule has 0 spiro atoms. The predicted octanol–water partition coefficient (Wildman–Crippen LogP) is 3.40. The summed E-state index contributed by atoms with van der Waals surface area (Å²) in [7, 11) is 0. The molecule has 0 saturated carbocycles. The van der Waals surface area contributed by atoms with E-state index in [0.29, 0.717) is 17.9 Å². The van der Waals surface area contributed by atoms with Gasteiger partial charge in [0.2, 0.25) is 11.9 Å². The number of ether oxygens (including phenoxy) is 1. The Morgan fingerprint density at radius 3 is 2.81 bits per heavy atom. The minimum Gasteiger partial charge on any atom is -0.494 e. The lowest BCUT2D eigenvalue weighted by molar-refractivity contribution is 0.102. The molecule has 0 radical (unpaired) electrons. The van der Waals surface area contributed by atoms with E-state index in [0.717, 1.165) is 18.6 Å². The topological polar surface area (TPSA) is 51.2 Å². The van der Waals surface area contributed by atoms with Gasteiger partial charge in [0.15, 0.2) is 0 Å². The molecule has 0 unspecified atom stereocenters. The molecule has 2 rings (SSSR count). The van der Waals surface area contributed by atoms with Crippen LogP contribution in [0.25, 0.3) is 0 Å². The van der Waals surface area contributed by atoms with Crippen LogP contribution in [0, 0.1) is 11.9 Å². The van der Waals surface area contributed by atoms with Crippen molar-refractivity contribution in [2.75, 3.05) is 11.9 Å². The van der Waals surface area contributed by atoms with Crippen molar-refractivity contribution < 1.29 is 18.3 Å². The number of carbonyl (C=O) groups excluding carboxylic acids is 1. The minimum atomic E-state index is -1.07. The first-order valence-electron chi connectivity index (χ1n) is 6.46. The van der Waals surface area contributed by atoms with Gasteiger partial charge in [0.25, 0.3) is 5.91 Å². The number of hydrogen-bond acceptors (Lipinski definition) is 3. The smallest absolute Gasteiger partial charge is 0.255 e. The molecule has 1 heterocycles. The molecule has 0 fully saturated rings. The number of rotatable bonds is 5. The van der Waals surface area contributed by atoms with Gasteiger partial charge in [-0.3, -0.25) is 4.79 Å². The van der Waals surface area contributed by atoms with Gasteiger partial charge >= 0.3 is 0 Å². The maximum Gasteiger partial charge on any atom is 0.255 e. The number of pyridine rings is 1. The van der Waals surface area contributed by atoms with Crippen molar-refractivity contribution in [2.24, 2.45) is 0 Å². The normalized spacial score (nSPS) is 10.2. The van der Waals surface area contributed by atoms with Crippen molar-refractivity contribution in [3.63, 3.8) is 0 Å². The number of nitrogens with zero attached hydrogens (tertiary/aromatic N) is 1. The Morgan fingerprint density at radius 1 is 1.29 bits per heavy atom. The number of anilines is 1. The first-order chi connectivity index (χ1) is 10.1. The van der Waals surface area contributed by atoms with E-state index in [1.165, 1.54) is 0 Å². The fraction of sp³-hybridized carbons (Fsp3) is 0.200. The highest BCUT2D eigenvalue weighted by Gasteiger charge is 2.11. The predicted molar refractivity (Wildman–Crippen MR) is 74.3 cm³/mol. The van der Waals surface area contributed by atoms with Crippen LogP contribution >= 0.6 is 0 Å². The zero-order valence-electron chi connectivity index (χ0n) is 11.4. The Hall–Kier alpha value is -2.50. The fourth-order valence-electron chi connectivity index (χ4n) is 1.65. The molecule has 6 heteroatoms. The number of nitrogens with one attached hydrogen (secondary N) is 1. The Bertz CT molecular complexity index is 647. The Labute approximate surface area is 120 Å². The summed E-state index contributed by atoms with van der Waals surface area (Å²) in [5.74, 6) is -1.98. The van der Waals surface area contributed by atoms with Gasteiger partial charge in [0, 0.05) is 5.56 Å². The average molecular weight is 292 g/mol. The van der Waals surface area contributed by atoms with Gasteiger partial charge in [-0.15, -0.1) is 0 Å². The van der Waals surface area contributed by atoms with Crippen molar-refractivity contribution in [3.8, 4) is 5.75 Å². The van der Waals surface area contributed by atoms with E-state index in [1.807, 2.05) is 6.92 Å². The van der Waals surface area contributed by atoms with Crippen LogP contribution in [-0.2, 0) is 0 Å². The van der Waals surface area contributed by atoms with Crippen LogP contribution < -0.4 is 10.1 Å². The lowest BCUT2D eigenvalue weighted by Crippen LogP contribution is -2.14. The highest BCUT2D eigenvalue weighted by molar-refractivity contribution is 6.04. The monoisotopic (exact) mass is 292 g/mol. The maximum absolute atomic E-state index is 13.4. The van der Waals surface area contributed by atoms with Crippen LogP contribution in [0.5, 0.6) is 5.75 Å². The van der Waals surface area contributed by atoms with Gasteiger partial charge < -0.3 is 10.1 Å². The zero-order valence-corrected chi connectivity index (χ0v) is 11.4. The third kappa shape index (κ3) is 3.98. The highest BCUT2D eigenvalue weighted by Crippen LogP contribution is 2.17. The number of hydrogen-bond donors (Lipinski definition) is 1. The van der Waals surface area contributed by atoms with E-state index >= 15 is 0 Å². The summed E-state index contributed by atoms with van der Waals surface area (Å²) in [4.78, 5) is 15.0. The third-order valence-electron chi connectivity index (χ3n) is 2.63. The minimum absolute atomic E-state index is 0.179. The van der Waals surface area contributed by atoms with E-state index < -0.39 is 17.8 Å². The number of halogens is 2. The second-order valence-electron chi connectivity index (χ2n) is 4.30. The van der Waals surface area contributed by atoms with Crippen molar-refractivity contribution >= 4 is 11.6 Å². The summed E-state index contributed by atoms with van der Waals surface area (Å²) in [5, 5.41) is 2.34. The summed E-state index contributed by atoms with van der Waals surface area (Å²) in [6.07, 6.45) is 0.850. The standard InChI is InChI=1S/C15H14F2N2O2/c1-2-8-21-11-5-3-4-10(9-11)15(20)18-12-6-7-13(16)19-14(12)17/h3-7,9H,2,8H2,1H3,(H,18,20). The molecule has 1 N–H and O–H groups in total. The van der Waals surface area contributed by atoms with Crippen LogP contribution in [0.2, 0.25) is 0 Å². The summed E-state index contributed by atoms with van der Waals surface area (Å²) >= 11 is 0. The van der Waals surface area contributed by atoms with Gasteiger partial charge in [0.05, 0.1) is 12.3 Å². The van der Waals surface area contributed by atoms with Crippen molar-refractivity contribution in [1.82, 2.24) is 4.98 Å². The Morgan fingerprint density at radius 2 is 2.10 bits per heavy atom. The first-order valence-corrected chi connectivity index (χ1v) is 6.46. The van der Waals surface area contributed by atoms with Crippen molar-refractivity contribution in [1.29, 1.82) is 0 Å². The molecule has 1 amide bonds. The average Bonchev–Trinajstić information content (AvgIpc) is 2.48. The van der Waals surface area contributed by atoms with Gasteiger partial charge in [-0.05, 0) is 36.8 Å². The molecule has 0 bridgehead atoms. The van der Waals surface area contributed by atoms with Gasteiger partial charge in [-0.25, -0.2) is 0 Å². The van der Waals surface area contributed by atoms with E-state index in [9.17, 15) is 13.6 Å². The highest BCUT2D eigenvalue weighted by atomic mass is 19.1. The molecule has 2 aromatic rings. The van der Waals surface area contributed by atoms with Crippen LogP contribution in [-0.4, -0.2) is 17.5 Å². The molecular formula is C15H14F2N2O2. The molecule has 1 aromatic heterocycles. The van der Waals surface area contributed by atoms with Gasteiger partial charge in [-0.2, -0.15) is 13.8 Å². The molecule has 110 valence electrons. The van der Waals surface area contributed by atoms with Gasteiger partial charge in [0.1, 0.15) is 5.75 Å². The third-order valence-corrected chi connectivity index (χ3v) is 2.63. The fourth-order valence-corrected chi connectivity index (χ4v) is 1.65. The van der Waals surface area contributed by atoms with Gasteiger partial charge in [-0.1, -0.05) is 13.0 Å². The maximum atomic E-state index is 13.4. The lowest BCUT2D eigenvalue weighted by Gasteiger charge is -2.08. The molecule has 0 aliphatic carbocycles. The number of benzene rings is 1. The van der Waals surface area contributed by atoms with Crippen LogP contribution in [0.15, 0.2) is 36.4 Å². The Kier molecular flexibility index (Phi) is 4.81. The summed E-state index contributed by atoms with van der Waals surface area (Å²) < 4.78 is 31.5. The summed E-state index contributed by atoms with van der Waals surface area (Å²) in [6, 6.07) is 8.61. The molecule has 21 heavy (non-hydrogen) atoms. The number of aromatic nitrogens is 1. The summed E-state index contributed by atoms with van der Waals surface area (Å²) in [5.41, 5.74) is 0.133. The van der Waals surface area contributed by atoms with Crippen LogP contribution in [0.3, 0.4) is 0 Å². The zero-order chi connectivity index (χ0) is 15.2. The van der Waals surface area contributed by atoms with Crippen molar-refractivity contribution in [3.05, 3.63) is 53.9 Å².